The van der Waals surface area contributed by atoms with Crippen LogP contribution in [0.3, 0.4) is 0 Å². The number of rotatable bonds is 6. The van der Waals surface area contributed by atoms with Gasteiger partial charge in [-0.3, -0.25) is 9.59 Å². The third-order valence-corrected chi connectivity index (χ3v) is 4.41. The van der Waals surface area contributed by atoms with Crippen molar-refractivity contribution in [2.45, 2.75) is 25.9 Å². The zero-order chi connectivity index (χ0) is 17.5. The van der Waals surface area contributed by atoms with Gasteiger partial charge in [-0.25, -0.2) is 0 Å². The summed E-state index contributed by atoms with van der Waals surface area (Å²) in [5, 5.41) is 2.62. The minimum Gasteiger partial charge on any atom is -0.357 e. The average molecular weight is 389 g/mol. The lowest BCUT2D eigenvalue weighted by atomic mass is 10.1. The molecule has 0 saturated heterocycles. The summed E-state index contributed by atoms with van der Waals surface area (Å²) in [4.78, 5) is 26.4. The van der Waals surface area contributed by atoms with Crippen molar-refractivity contribution in [3.05, 3.63) is 70.2 Å². The molecular weight excluding hydrogens is 368 g/mol. The molecule has 2 aromatic rings. The Morgan fingerprint density at radius 3 is 2.25 bits per heavy atom. The molecule has 0 aliphatic rings. The van der Waals surface area contributed by atoms with E-state index in [2.05, 4.69) is 21.2 Å². The zero-order valence-electron chi connectivity index (χ0n) is 13.8. The molecule has 0 bridgehead atoms. The summed E-state index contributed by atoms with van der Waals surface area (Å²) in [6.45, 7) is 2.15. The minimum atomic E-state index is -0.533. The van der Waals surface area contributed by atoms with Crippen LogP contribution in [0.25, 0.3) is 0 Å². The third kappa shape index (κ3) is 4.93. The van der Waals surface area contributed by atoms with Crippen molar-refractivity contribution in [1.29, 1.82) is 0 Å². The maximum absolute atomic E-state index is 12.8. The molecule has 0 aliphatic carbocycles. The smallest absolute Gasteiger partial charge is 0.242 e. The van der Waals surface area contributed by atoms with Gasteiger partial charge in [0.05, 0.1) is 6.42 Å². The topological polar surface area (TPSA) is 49.4 Å². The van der Waals surface area contributed by atoms with Crippen LogP contribution in [-0.2, 0) is 22.6 Å². The quantitative estimate of drug-likeness (QED) is 0.825. The van der Waals surface area contributed by atoms with Crippen LogP contribution in [0, 0.1) is 0 Å². The number of nitrogens with one attached hydrogen (secondary N) is 1. The molecule has 1 atom stereocenters. The van der Waals surface area contributed by atoms with Gasteiger partial charge >= 0.3 is 0 Å². The molecule has 2 rings (SSSR count). The predicted octanol–water partition coefficient (Wildman–Crippen LogP) is 3.15. The number of halogens is 1. The van der Waals surface area contributed by atoms with Crippen LogP contribution < -0.4 is 5.32 Å². The second-order valence-electron chi connectivity index (χ2n) is 5.60. The molecule has 0 radical (unpaired) electrons. The van der Waals surface area contributed by atoms with Crippen molar-refractivity contribution in [2.75, 3.05) is 7.05 Å². The predicted molar refractivity (Wildman–Crippen MR) is 98.4 cm³/mol. The minimum absolute atomic E-state index is 0.0692. The Balaban J connectivity index is 2.19. The molecule has 0 saturated carbocycles. The molecular formula is C19H21BrN2O2. The van der Waals surface area contributed by atoms with Gasteiger partial charge in [0.2, 0.25) is 11.8 Å². The summed E-state index contributed by atoms with van der Waals surface area (Å²) in [6.07, 6.45) is 0.276. The summed E-state index contributed by atoms with van der Waals surface area (Å²) in [6, 6.07) is 16.8. The first kappa shape index (κ1) is 18.2. The van der Waals surface area contributed by atoms with Gasteiger partial charge in [-0.1, -0.05) is 58.4 Å². The molecule has 0 unspecified atom stereocenters. The molecule has 126 valence electrons. The molecule has 0 aliphatic heterocycles. The van der Waals surface area contributed by atoms with E-state index in [0.717, 1.165) is 15.6 Å². The summed E-state index contributed by atoms with van der Waals surface area (Å²) in [5.74, 6) is -0.242. The van der Waals surface area contributed by atoms with Crippen LogP contribution in [0.2, 0.25) is 0 Å². The number of carbonyl (C=O) groups excluding carboxylic acids is 2. The van der Waals surface area contributed by atoms with Crippen LogP contribution in [0.15, 0.2) is 59.1 Å². The normalized spacial score (nSPS) is 11.6. The highest BCUT2D eigenvalue weighted by molar-refractivity contribution is 9.10. The van der Waals surface area contributed by atoms with Crippen LogP contribution in [-0.4, -0.2) is 29.8 Å². The largest absolute Gasteiger partial charge is 0.357 e. The van der Waals surface area contributed by atoms with Gasteiger partial charge in [0.15, 0.2) is 0 Å². The lowest BCUT2D eigenvalue weighted by Gasteiger charge is -2.28. The number of amides is 2. The lowest BCUT2D eigenvalue weighted by Crippen LogP contribution is -2.47. The van der Waals surface area contributed by atoms with Gasteiger partial charge in [0.1, 0.15) is 6.04 Å². The standard InChI is InChI=1S/C19H21BrN2O2/c1-14(19(24)21-2)22(13-16-8-10-17(20)11-9-16)18(23)12-15-6-4-3-5-7-15/h3-11,14H,12-13H2,1-2H3,(H,21,24)/t14-/m0/s1. The maximum atomic E-state index is 12.8. The van der Waals surface area contributed by atoms with Crippen molar-refractivity contribution in [3.63, 3.8) is 0 Å². The van der Waals surface area contributed by atoms with E-state index >= 15 is 0 Å². The van der Waals surface area contributed by atoms with E-state index in [0.29, 0.717) is 6.54 Å². The number of benzene rings is 2. The number of nitrogens with zero attached hydrogens (tertiary/aromatic N) is 1. The third-order valence-electron chi connectivity index (χ3n) is 3.88. The highest BCUT2D eigenvalue weighted by Crippen LogP contribution is 2.15. The zero-order valence-corrected chi connectivity index (χ0v) is 15.4. The molecule has 5 heteroatoms. The average Bonchev–Trinajstić information content (AvgIpc) is 2.60. The fourth-order valence-electron chi connectivity index (χ4n) is 2.45. The Kier molecular flexibility index (Phi) is 6.55. The van der Waals surface area contributed by atoms with E-state index < -0.39 is 6.04 Å². The summed E-state index contributed by atoms with van der Waals surface area (Å²) >= 11 is 3.40. The van der Waals surface area contributed by atoms with Gasteiger partial charge in [0.25, 0.3) is 0 Å². The van der Waals surface area contributed by atoms with Crippen LogP contribution in [0.5, 0.6) is 0 Å². The summed E-state index contributed by atoms with van der Waals surface area (Å²) < 4.78 is 0.979. The van der Waals surface area contributed by atoms with Crippen LogP contribution in [0.4, 0.5) is 0 Å². The molecule has 0 spiro atoms. The molecule has 0 aromatic heterocycles. The van der Waals surface area contributed by atoms with Crippen molar-refractivity contribution in [1.82, 2.24) is 10.2 Å². The first-order chi connectivity index (χ1) is 11.5. The Bertz CT molecular complexity index is 686. The maximum Gasteiger partial charge on any atom is 0.242 e. The number of hydrogen-bond acceptors (Lipinski definition) is 2. The summed E-state index contributed by atoms with van der Waals surface area (Å²) in [5.41, 5.74) is 1.92. The van der Waals surface area contributed by atoms with E-state index in [1.807, 2.05) is 54.6 Å². The highest BCUT2D eigenvalue weighted by Gasteiger charge is 2.25. The number of carbonyl (C=O) groups is 2. The molecule has 2 amide bonds. The second kappa shape index (κ2) is 8.64. The van der Waals surface area contributed by atoms with Crippen molar-refractivity contribution >= 4 is 27.7 Å². The molecule has 1 N–H and O–H groups in total. The number of likely N-dealkylation sites (N-methyl/N-ethyl adjacent to an activating group) is 1. The van der Waals surface area contributed by atoms with E-state index in [4.69, 9.17) is 0 Å². The Morgan fingerprint density at radius 1 is 1.04 bits per heavy atom. The molecule has 2 aromatic carbocycles. The number of hydrogen-bond donors (Lipinski definition) is 1. The van der Waals surface area contributed by atoms with Gasteiger partial charge in [0, 0.05) is 18.1 Å². The van der Waals surface area contributed by atoms with Crippen molar-refractivity contribution < 1.29 is 9.59 Å². The molecule has 0 heterocycles. The monoisotopic (exact) mass is 388 g/mol. The lowest BCUT2D eigenvalue weighted by molar-refractivity contribution is -0.139. The van der Waals surface area contributed by atoms with E-state index in [1.54, 1.807) is 18.9 Å². The SMILES string of the molecule is CNC(=O)[C@H](C)N(Cc1ccc(Br)cc1)C(=O)Cc1ccccc1. The Morgan fingerprint density at radius 2 is 1.67 bits per heavy atom. The Labute approximate surface area is 151 Å². The fraction of sp³-hybridized carbons (Fsp3) is 0.263. The van der Waals surface area contributed by atoms with Crippen LogP contribution in [0.1, 0.15) is 18.1 Å². The fourth-order valence-corrected chi connectivity index (χ4v) is 2.71. The highest BCUT2D eigenvalue weighted by atomic mass is 79.9. The molecule has 4 nitrogen and oxygen atoms in total. The van der Waals surface area contributed by atoms with Crippen molar-refractivity contribution in [2.24, 2.45) is 0 Å². The molecule has 0 fully saturated rings. The van der Waals surface area contributed by atoms with Gasteiger partial charge < -0.3 is 10.2 Å². The first-order valence-electron chi connectivity index (χ1n) is 7.80. The summed E-state index contributed by atoms with van der Waals surface area (Å²) in [7, 11) is 1.58. The first-order valence-corrected chi connectivity index (χ1v) is 8.60. The van der Waals surface area contributed by atoms with Gasteiger partial charge in [-0.2, -0.15) is 0 Å². The second-order valence-corrected chi connectivity index (χ2v) is 6.52. The van der Waals surface area contributed by atoms with Gasteiger partial charge in [-0.05, 0) is 30.2 Å². The Hall–Kier alpha value is -2.14. The van der Waals surface area contributed by atoms with Crippen molar-refractivity contribution in [3.8, 4) is 0 Å². The van der Waals surface area contributed by atoms with Crippen LogP contribution >= 0.6 is 15.9 Å². The van der Waals surface area contributed by atoms with E-state index in [1.165, 1.54) is 0 Å². The van der Waals surface area contributed by atoms with Gasteiger partial charge in [-0.15, -0.1) is 0 Å². The van der Waals surface area contributed by atoms with E-state index in [-0.39, 0.29) is 18.2 Å². The van der Waals surface area contributed by atoms with E-state index in [9.17, 15) is 9.59 Å². The molecule has 24 heavy (non-hydrogen) atoms.